The molecule has 0 fully saturated rings. The van der Waals surface area contributed by atoms with E-state index in [0.717, 1.165) is 6.42 Å². The largest absolute Gasteiger partial charge is 0.507 e. The Morgan fingerprint density at radius 2 is 1.47 bits per heavy atom. The van der Waals surface area contributed by atoms with Gasteiger partial charge in [0.25, 0.3) is 0 Å². The van der Waals surface area contributed by atoms with Crippen LogP contribution in [0.15, 0.2) is 66.3 Å². The molecule has 9 heteroatoms. The first-order valence-electron chi connectivity index (χ1n) is 10.6. The maximum Gasteiger partial charge on any atom is 0.335 e. The highest BCUT2D eigenvalue weighted by Crippen LogP contribution is 2.38. The molecule has 174 valence electrons. The van der Waals surface area contributed by atoms with Crippen LogP contribution in [0, 0.1) is 0 Å². The number of ether oxygens (including phenoxy) is 1. The van der Waals surface area contributed by atoms with Crippen molar-refractivity contribution in [3.05, 3.63) is 72.1 Å². The number of rotatable bonds is 6. The lowest BCUT2D eigenvalue weighted by Gasteiger charge is -2.24. The Bertz CT molecular complexity index is 1230. The molecule has 0 amide bonds. The van der Waals surface area contributed by atoms with Crippen molar-refractivity contribution in [2.45, 2.75) is 22.6 Å². The van der Waals surface area contributed by atoms with Crippen molar-refractivity contribution in [1.29, 1.82) is 0 Å². The molecule has 2 N–H and O–H groups in total. The zero-order valence-electron chi connectivity index (χ0n) is 18.2. The van der Waals surface area contributed by atoms with E-state index < -0.39 is 11.3 Å². The van der Waals surface area contributed by atoms with Gasteiger partial charge in [0.15, 0.2) is 17.5 Å². The van der Waals surface area contributed by atoms with E-state index >= 15 is 0 Å². The fraction of sp³-hybridized carbons (Fsp3) is 0.200. The number of hydrogen-bond acceptors (Lipinski definition) is 7. The molecule has 1 aliphatic carbocycles. The summed E-state index contributed by atoms with van der Waals surface area (Å²) < 4.78 is 4.91. The lowest BCUT2D eigenvalue weighted by atomic mass is 9.97. The molecule has 1 aromatic heterocycles. The third-order valence-electron chi connectivity index (χ3n) is 5.15. The van der Waals surface area contributed by atoms with Gasteiger partial charge in [-0.3, -0.25) is 0 Å². The summed E-state index contributed by atoms with van der Waals surface area (Å²) in [5, 5.41) is 20.1. The van der Waals surface area contributed by atoms with Crippen LogP contribution in [0.1, 0.15) is 19.2 Å². The number of esters is 1. The number of phenols is 2. The minimum atomic E-state index is -0.649. The van der Waals surface area contributed by atoms with E-state index in [4.69, 9.17) is 16.3 Å². The Labute approximate surface area is 215 Å². The van der Waals surface area contributed by atoms with E-state index in [0.29, 0.717) is 34.7 Å². The van der Waals surface area contributed by atoms with E-state index in [2.05, 4.69) is 37.5 Å². The number of para-hydroxylation sites is 2. The summed E-state index contributed by atoms with van der Waals surface area (Å²) in [6, 6.07) is 13.4. The molecule has 1 heterocycles. The summed E-state index contributed by atoms with van der Waals surface area (Å²) in [7, 11) is 0. The second-order valence-corrected chi connectivity index (χ2v) is 9.34. The van der Waals surface area contributed by atoms with E-state index in [1.54, 1.807) is 60.7 Å². The first kappa shape index (κ1) is 24.2. The normalized spacial score (nSPS) is 17.6. The number of aromatic hydroxyl groups is 2. The molecular weight excluding hydrogens is 569 g/mol. The lowest BCUT2D eigenvalue weighted by Crippen LogP contribution is -2.28. The summed E-state index contributed by atoms with van der Waals surface area (Å²) in [6.45, 7) is 2.24. The first-order valence-corrected chi connectivity index (χ1v) is 12.3. The van der Waals surface area contributed by atoms with Crippen LogP contribution < -0.4 is 0 Å². The van der Waals surface area contributed by atoms with Gasteiger partial charge in [0.05, 0.1) is 32.6 Å². The van der Waals surface area contributed by atoms with Crippen LogP contribution in [0.5, 0.6) is 11.5 Å². The maximum atomic E-state index is 12.4. The smallest absolute Gasteiger partial charge is 0.335 e. The summed E-state index contributed by atoms with van der Waals surface area (Å²) in [6.07, 6.45) is 4.09. The standard InChI is InChI=1S/C25H21ClIN3O4/c1-2-13-34-25(33)16-11-12-17(21(27)20(16)26)24-29-22(14-7-3-5-9-18(14)31)28-23(30-24)15-8-4-6-10-19(15)32/h3-12,20-21,31-32H,2,13H2,1H3/t20?,21-/m0/s1. The summed E-state index contributed by atoms with van der Waals surface area (Å²) in [5.74, 6) is 0.404. The predicted octanol–water partition coefficient (Wildman–Crippen LogP) is 5.30. The third kappa shape index (κ3) is 4.92. The quantitative estimate of drug-likeness (QED) is 0.228. The fourth-order valence-corrected chi connectivity index (χ4v) is 4.58. The summed E-state index contributed by atoms with van der Waals surface area (Å²) in [5.41, 5.74) is 1.90. The maximum absolute atomic E-state index is 12.4. The number of phenolic OH excluding ortho intramolecular Hbond substituents is 2. The molecule has 0 saturated carbocycles. The molecular formula is C25H21ClIN3O4. The van der Waals surface area contributed by atoms with Crippen molar-refractivity contribution in [2.24, 2.45) is 0 Å². The average molecular weight is 590 g/mol. The Morgan fingerprint density at radius 3 is 2.00 bits per heavy atom. The van der Waals surface area contributed by atoms with E-state index in [9.17, 15) is 15.0 Å². The Hall–Kier alpha value is -2.98. The molecule has 3 aromatic rings. The van der Waals surface area contributed by atoms with Crippen LogP contribution in [-0.2, 0) is 9.53 Å². The van der Waals surface area contributed by atoms with Crippen molar-refractivity contribution in [3.63, 3.8) is 0 Å². The van der Waals surface area contributed by atoms with Gasteiger partial charge in [-0.25, -0.2) is 19.7 Å². The van der Waals surface area contributed by atoms with Crippen LogP contribution in [0.25, 0.3) is 28.3 Å². The highest BCUT2D eigenvalue weighted by Gasteiger charge is 2.33. The predicted molar refractivity (Wildman–Crippen MR) is 139 cm³/mol. The molecule has 0 saturated heterocycles. The number of aromatic nitrogens is 3. The van der Waals surface area contributed by atoms with Crippen molar-refractivity contribution in [1.82, 2.24) is 15.0 Å². The average Bonchev–Trinajstić information content (AvgIpc) is 2.84. The van der Waals surface area contributed by atoms with Crippen molar-refractivity contribution in [3.8, 4) is 34.3 Å². The number of alkyl halides is 2. The molecule has 0 spiro atoms. The van der Waals surface area contributed by atoms with Gasteiger partial charge in [-0.2, -0.15) is 0 Å². The summed E-state index contributed by atoms with van der Waals surface area (Å²) in [4.78, 5) is 26.1. The lowest BCUT2D eigenvalue weighted by molar-refractivity contribution is -0.139. The molecule has 0 bridgehead atoms. The third-order valence-corrected chi connectivity index (χ3v) is 7.45. The second kappa shape index (κ2) is 10.5. The first-order chi connectivity index (χ1) is 16.4. The van der Waals surface area contributed by atoms with Gasteiger partial charge in [0, 0.05) is 5.57 Å². The van der Waals surface area contributed by atoms with Gasteiger partial charge in [-0.1, -0.05) is 59.9 Å². The number of carbonyl (C=O) groups is 1. The molecule has 2 atom stereocenters. The van der Waals surface area contributed by atoms with Gasteiger partial charge >= 0.3 is 5.97 Å². The van der Waals surface area contributed by atoms with Crippen molar-refractivity contribution < 1.29 is 19.7 Å². The van der Waals surface area contributed by atoms with Gasteiger partial charge in [-0.15, -0.1) is 11.6 Å². The molecule has 2 aromatic carbocycles. The van der Waals surface area contributed by atoms with Crippen LogP contribution in [0.2, 0.25) is 0 Å². The minimum absolute atomic E-state index is 0.0163. The van der Waals surface area contributed by atoms with Crippen molar-refractivity contribution in [2.75, 3.05) is 6.61 Å². The zero-order chi connectivity index (χ0) is 24.2. The number of carbonyl (C=O) groups excluding carboxylic acids is 1. The molecule has 1 unspecified atom stereocenters. The zero-order valence-corrected chi connectivity index (χ0v) is 21.1. The molecule has 7 nitrogen and oxygen atoms in total. The second-order valence-electron chi connectivity index (χ2n) is 7.52. The van der Waals surface area contributed by atoms with Crippen LogP contribution in [0.3, 0.4) is 0 Å². The molecule has 0 radical (unpaired) electrons. The van der Waals surface area contributed by atoms with Crippen LogP contribution in [0.4, 0.5) is 0 Å². The highest BCUT2D eigenvalue weighted by molar-refractivity contribution is 14.1. The monoisotopic (exact) mass is 589 g/mol. The number of halogens is 2. The van der Waals surface area contributed by atoms with Gasteiger partial charge < -0.3 is 14.9 Å². The Morgan fingerprint density at radius 1 is 0.941 bits per heavy atom. The van der Waals surface area contributed by atoms with Crippen molar-refractivity contribution >= 4 is 45.7 Å². The summed E-state index contributed by atoms with van der Waals surface area (Å²) >= 11 is 8.80. The van der Waals surface area contributed by atoms with Gasteiger partial charge in [0.2, 0.25) is 0 Å². The molecule has 0 aliphatic heterocycles. The van der Waals surface area contributed by atoms with Crippen LogP contribution in [-0.4, -0.2) is 47.0 Å². The topological polar surface area (TPSA) is 105 Å². The number of nitrogens with zero attached hydrogens (tertiary/aromatic N) is 3. The number of hydrogen-bond donors (Lipinski definition) is 2. The molecule has 1 aliphatic rings. The number of allylic oxidation sites excluding steroid dienone is 3. The molecule has 4 rings (SSSR count). The van der Waals surface area contributed by atoms with E-state index in [-0.39, 0.29) is 27.1 Å². The minimum Gasteiger partial charge on any atom is -0.507 e. The van der Waals surface area contributed by atoms with Gasteiger partial charge in [-0.05, 0) is 36.8 Å². The molecule has 34 heavy (non-hydrogen) atoms. The van der Waals surface area contributed by atoms with Gasteiger partial charge in [0.1, 0.15) is 11.5 Å². The van der Waals surface area contributed by atoms with E-state index in [1.165, 1.54) is 0 Å². The fourth-order valence-electron chi connectivity index (χ4n) is 3.41. The van der Waals surface area contributed by atoms with Crippen LogP contribution >= 0.6 is 34.2 Å². The Kier molecular flexibility index (Phi) is 7.47. The highest BCUT2D eigenvalue weighted by atomic mass is 127. The number of benzene rings is 2. The van der Waals surface area contributed by atoms with E-state index in [1.807, 2.05) is 6.92 Å². The Balaban J connectivity index is 1.85. The SMILES string of the molecule is CCCOC(=O)C1=CC=C(c2nc(-c3ccccc3O)nc(-c3ccccc3O)n2)[C@H](I)C1Cl.